The van der Waals surface area contributed by atoms with Crippen LogP contribution < -0.4 is 20.1 Å². The Kier molecular flexibility index (Phi) is 9.28. The van der Waals surface area contributed by atoms with Crippen LogP contribution in [0.25, 0.3) is 0 Å². The molecular weight excluding hydrogens is 535 g/mol. The summed E-state index contributed by atoms with van der Waals surface area (Å²) < 4.78 is 45.3. The van der Waals surface area contributed by atoms with Crippen LogP contribution >= 0.6 is 0 Å². The maximum atomic E-state index is 13.0. The second-order valence-corrected chi connectivity index (χ2v) is 9.63. The number of aliphatic carboxylic acids is 1. The Morgan fingerprint density at radius 1 is 0.923 bits per heavy atom. The third-order valence-electron chi connectivity index (χ3n) is 5.22. The summed E-state index contributed by atoms with van der Waals surface area (Å²) in [6.45, 7) is -0.390. The molecule has 0 fully saturated rings. The average Bonchev–Trinajstić information content (AvgIpc) is 2.92. The molecule has 0 saturated carbocycles. The first-order valence-electron chi connectivity index (χ1n) is 11.2. The van der Waals surface area contributed by atoms with Crippen LogP contribution in [0.5, 0.6) is 5.75 Å². The van der Waals surface area contributed by atoms with Gasteiger partial charge in [0.05, 0.1) is 17.6 Å². The number of carboxylic acids is 1. The molecule has 39 heavy (non-hydrogen) atoms. The Balaban J connectivity index is 1.62. The summed E-state index contributed by atoms with van der Waals surface area (Å²) in [7, 11) is -3.16. The number of carbonyl (C=O) groups is 4. The van der Waals surface area contributed by atoms with Gasteiger partial charge >= 0.3 is 5.97 Å². The zero-order chi connectivity index (χ0) is 28.6. The van der Waals surface area contributed by atoms with Crippen molar-refractivity contribution in [2.75, 3.05) is 20.2 Å². The molecule has 0 aliphatic heterocycles. The number of benzene rings is 2. The van der Waals surface area contributed by atoms with E-state index in [-0.39, 0.29) is 39.8 Å². The standard InChI is InChI=1S/C25H23FN4O8S/c1-38-20-12-17(13-28-22(20)25(35)29-14-21(31)32)24(34)30-39(36,37)19-8-4-16(5-9-19)23(33)27-11-10-15-2-6-18(26)7-3-15/h2-9,12-13H,10-11,14H2,1H3,(H,27,33)(H,29,35)(H,30,34)(H,31,32). The zero-order valence-electron chi connectivity index (χ0n) is 20.4. The number of hydrogen-bond acceptors (Lipinski definition) is 8. The first kappa shape index (κ1) is 28.7. The van der Waals surface area contributed by atoms with Gasteiger partial charge in [-0.2, -0.15) is 0 Å². The van der Waals surface area contributed by atoms with E-state index in [1.54, 1.807) is 12.1 Å². The number of carbonyl (C=O) groups excluding carboxylic acids is 3. The molecule has 0 bridgehead atoms. The predicted octanol–water partition coefficient (Wildman–Crippen LogP) is 1.13. The highest BCUT2D eigenvalue weighted by Gasteiger charge is 2.22. The molecule has 0 unspecified atom stereocenters. The number of carboxylic acid groups (broad SMARTS) is 1. The Morgan fingerprint density at radius 2 is 1.59 bits per heavy atom. The summed E-state index contributed by atoms with van der Waals surface area (Å²) in [5.41, 5.74) is 0.468. The van der Waals surface area contributed by atoms with Crippen LogP contribution in [0, 0.1) is 5.82 Å². The molecule has 2 aromatic carbocycles. The normalized spacial score (nSPS) is 10.8. The van der Waals surface area contributed by atoms with Gasteiger partial charge in [0.1, 0.15) is 12.4 Å². The van der Waals surface area contributed by atoms with Crippen LogP contribution in [0.2, 0.25) is 0 Å². The molecule has 0 aliphatic rings. The van der Waals surface area contributed by atoms with Gasteiger partial charge in [0.2, 0.25) is 0 Å². The SMILES string of the molecule is COc1cc(C(=O)NS(=O)(=O)c2ccc(C(=O)NCCc3ccc(F)cc3)cc2)cnc1C(=O)NCC(=O)O. The lowest BCUT2D eigenvalue weighted by molar-refractivity contribution is -0.135. The molecule has 3 aromatic rings. The van der Waals surface area contributed by atoms with Crippen molar-refractivity contribution >= 4 is 33.7 Å². The lowest BCUT2D eigenvalue weighted by atomic mass is 10.1. The minimum absolute atomic E-state index is 0.183. The summed E-state index contributed by atoms with van der Waals surface area (Å²) in [5, 5.41) is 13.5. The highest BCUT2D eigenvalue weighted by Crippen LogP contribution is 2.18. The van der Waals surface area contributed by atoms with Gasteiger partial charge in [-0.3, -0.25) is 19.2 Å². The van der Waals surface area contributed by atoms with E-state index in [4.69, 9.17) is 9.84 Å². The van der Waals surface area contributed by atoms with Gasteiger partial charge in [-0.25, -0.2) is 22.5 Å². The van der Waals surface area contributed by atoms with E-state index in [1.807, 2.05) is 4.72 Å². The lowest BCUT2D eigenvalue weighted by Gasteiger charge is -2.11. The minimum Gasteiger partial charge on any atom is -0.494 e. The highest BCUT2D eigenvalue weighted by atomic mass is 32.2. The van der Waals surface area contributed by atoms with E-state index < -0.39 is 40.3 Å². The van der Waals surface area contributed by atoms with E-state index in [0.29, 0.717) is 6.42 Å². The Bertz CT molecular complexity index is 1490. The van der Waals surface area contributed by atoms with E-state index in [0.717, 1.165) is 30.0 Å². The number of rotatable bonds is 11. The van der Waals surface area contributed by atoms with Crippen molar-refractivity contribution in [3.63, 3.8) is 0 Å². The molecule has 204 valence electrons. The van der Waals surface area contributed by atoms with Gasteiger partial charge in [-0.05, 0) is 54.4 Å². The van der Waals surface area contributed by atoms with Gasteiger partial charge in [-0.15, -0.1) is 0 Å². The van der Waals surface area contributed by atoms with Gasteiger partial charge in [0, 0.05) is 18.3 Å². The fourth-order valence-electron chi connectivity index (χ4n) is 3.23. The van der Waals surface area contributed by atoms with Gasteiger partial charge in [0.25, 0.3) is 27.7 Å². The van der Waals surface area contributed by atoms with Crippen molar-refractivity contribution < 1.29 is 41.8 Å². The zero-order valence-corrected chi connectivity index (χ0v) is 21.2. The minimum atomic E-state index is -4.35. The first-order chi connectivity index (χ1) is 18.5. The third kappa shape index (κ3) is 7.82. The first-order valence-corrected chi connectivity index (χ1v) is 12.7. The molecule has 3 amide bonds. The molecule has 0 saturated heterocycles. The van der Waals surface area contributed by atoms with Crippen LogP contribution in [-0.2, 0) is 21.2 Å². The van der Waals surface area contributed by atoms with Crippen molar-refractivity contribution in [2.24, 2.45) is 0 Å². The van der Waals surface area contributed by atoms with Crippen molar-refractivity contribution in [1.82, 2.24) is 20.3 Å². The molecule has 3 rings (SSSR count). The average molecular weight is 559 g/mol. The second kappa shape index (κ2) is 12.6. The van der Waals surface area contributed by atoms with E-state index in [2.05, 4.69) is 15.6 Å². The Hall–Kier alpha value is -4.85. The van der Waals surface area contributed by atoms with Crippen LogP contribution in [0.15, 0.2) is 65.7 Å². The fraction of sp³-hybridized carbons (Fsp3) is 0.160. The number of methoxy groups -OCH3 is 1. The van der Waals surface area contributed by atoms with Crippen LogP contribution in [-0.4, -0.2) is 62.4 Å². The van der Waals surface area contributed by atoms with Gasteiger partial charge in [0.15, 0.2) is 11.4 Å². The Labute approximate surface area is 222 Å². The summed E-state index contributed by atoms with van der Waals surface area (Å²) in [5.74, 6) is -4.20. The van der Waals surface area contributed by atoms with Crippen molar-refractivity contribution in [1.29, 1.82) is 0 Å². The summed E-state index contributed by atoms with van der Waals surface area (Å²) >= 11 is 0. The lowest BCUT2D eigenvalue weighted by Crippen LogP contribution is -2.32. The molecular formula is C25H23FN4O8S. The molecule has 14 heteroatoms. The number of halogens is 1. The smallest absolute Gasteiger partial charge is 0.322 e. The van der Waals surface area contributed by atoms with Crippen molar-refractivity contribution in [3.05, 3.63) is 89.0 Å². The van der Waals surface area contributed by atoms with Crippen LogP contribution in [0.1, 0.15) is 36.8 Å². The molecule has 1 heterocycles. The topological polar surface area (TPSA) is 181 Å². The maximum Gasteiger partial charge on any atom is 0.322 e. The number of nitrogens with one attached hydrogen (secondary N) is 3. The molecule has 0 radical (unpaired) electrons. The molecule has 0 aliphatic carbocycles. The largest absolute Gasteiger partial charge is 0.494 e. The predicted molar refractivity (Wildman–Crippen MR) is 134 cm³/mol. The maximum absolute atomic E-state index is 13.0. The van der Waals surface area contributed by atoms with Crippen LogP contribution in [0.4, 0.5) is 4.39 Å². The number of amides is 3. The number of ether oxygens (including phenoxy) is 1. The second-order valence-electron chi connectivity index (χ2n) is 7.94. The molecule has 0 spiro atoms. The molecule has 1 aromatic heterocycles. The number of nitrogens with zero attached hydrogens (tertiary/aromatic N) is 1. The number of pyridine rings is 1. The third-order valence-corrected chi connectivity index (χ3v) is 6.56. The molecule has 4 N–H and O–H groups in total. The van der Waals surface area contributed by atoms with Gasteiger partial charge in [-0.1, -0.05) is 12.1 Å². The summed E-state index contributed by atoms with van der Waals surface area (Å²) in [4.78, 5) is 51.1. The van der Waals surface area contributed by atoms with Crippen molar-refractivity contribution in [2.45, 2.75) is 11.3 Å². The summed E-state index contributed by atoms with van der Waals surface area (Å²) in [6.07, 6.45) is 1.40. The monoisotopic (exact) mass is 558 g/mol. The number of hydrogen-bond donors (Lipinski definition) is 4. The molecule has 12 nitrogen and oxygen atoms in total. The van der Waals surface area contributed by atoms with E-state index in [1.165, 1.54) is 31.4 Å². The Morgan fingerprint density at radius 3 is 2.21 bits per heavy atom. The highest BCUT2D eigenvalue weighted by molar-refractivity contribution is 7.90. The van der Waals surface area contributed by atoms with Gasteiger partial charge < -0.3 is 20.5 Å². The summed E-state index contributed by atoms with van der Waals surface area (Å²) in [6, 6.07) is 11.8. The fourth-order valence-corrected chi connectivity index (χ4v) is 4.21. The molecule has 0 atom stereocenters. The van der Waals surface area contributed by atoms with E-state index in [9.17, 15) is 32.0 Å². The quantitative estimate of drug-likeness (QED) is 0.268. The van der Waals surface area contributed by atoms with Crippen molar-refractivity contribution in [3.8, 4) is 5.75 Å². The number of aromatic nitrogens is 1. The van der Waals surface area contributed by atoms with E-state index >= 15 is 0 Å². The number of sulfonamides is 1. The van der Waals surface area contributed by atoms with Crippen LogP contribution in [0.3, 0.4) is 0 Å².